The van der Waals surface area contributed by atoms with Gasteiger partial charge in [-0.25, -0.2) is 0 Å². The van der Waals surface area contributed by atoms with Crippen molar-refractivity contribution < 1.29 is 5.11 Å². The van der Waals surface area contributed by atoms with Crippen molar-refractivity contribution in [3.05, 3.63) is 33.3 Å². The number of rotatable bonds is 3. The molecule has 0 aliphatic heterocycles. The van der Waals surface area contributed by atoms with E-state index in [1.54, 1.807) is 6.08 Å². The molecule has 0 atom stereocenters. The fourth-order valence-electron chi connectivity index (χ4n) is 0.938. The van der Waals surface area contributed by atoms with Crippen molar-refractivity contribution in [1.82, 2.24) is 15.3 Å². The zero-order valence-corrected chi connectivity index (χ0v) is 9.30. The Morgan fingerprint density at radius 1 is 1.60 bits per heavy atom. The topological polar surface area (TPSA) is 80.9 Å². The summed E-state index contributed by atoms with van der Waals surface area (Å²) in [4.78, 5) is 16.3. The lowest BCUT2D eigenvalue weighted by atomic mass is 10.3. The first-order valence-corrected chi connectivity index (χ1v) is 4.82. The van der Waals surface area contributed by atoms with Gasteiger partial charge in [-0.05, 0) is 12.2 Å². The Morgan fingerprint density at radius 2 is 2.27 bits per heavy atom. The Labute approximate surface area is 95.9 Å². The Bertz CT molecular complexity index is 503. The van der Waals surface area contributed by atoms with Crippen LogP contribution in [0.4, 0.5) is 0 Å². The molecule has 7 heteroatoms. The normalized spacial score (nSPS) is 9.60. The van der Waals surface area contributed by atoms with Crippen molar-refractivity contribution in [3.63, 3.8) is 0 Å². The van der Waals surface area contributed by atoms with Gasteiger partial charge in [0.1, 0.15) is 10.6 Å². The van der Waals surface area contributed by atoms with Crippen LogP contribution in [0.2, 0.25) is 0 Å². The predicted molar refractivity (Wildman–Crippen MR) is 63.8 cm³/mol. The summed E-state index contributed by atoms with van der Waals surface area (Å²) < 4.78 is 0.0489. The van der Waals surface area contributed by atoms with Crippen LogP contribution in [0.3, 0.4) is 0 Å². The molecule has 1 aromatic heterocycles. The van der Waals surface area contributed by atoms with Crippen LogP contribution < -0.4 is 10.9 Å². The standard InChI is InChI=1S/C8H9N3O2S2/c1-2-3-9-7(14)4-5(12)10-8(15)11-6(4)13/h2H,1,3H2,(H,9,14)(H3,10,11,12,13,15). The summed E-state index contributed by atoms with van der Waals surface area (Å²) in [5, 5.41) is 12.2. The molecular weight excluding hydrogens is 234 g/mol. The zero-order valence-electron chi connectivity index (χ0n) is 7.66. The van der Waals surface area contributed by atoms with E-state index >= 15 is 0 Å². The van der Waals surface area contributed by atoms with Crippen molar-refractivity contribution in [2.45, 2.75) is 0 Å². The van der Waals surface area contributed by atoms with Gasteiger partial charge in [-0.3, -0.25) is 9.78 Å². The van der Waals surface area contributed by atoms with Crippen molar-refractivity contribution in [2.75, 3.05) is 6.54 Å². The second-order valence-corrected chi connectivity index (χ2v) is 3.45. The molecule has 0 amide bonds. The smallest absolute Gasteiger partial charge is 0.265 e. The number of hydrogen-bond donors (Lipinski definition) is 4. The van der Waals surface area contributed by atoms with Gasteiger partial charge in [0, 0.05) is 6.54 Å². The Morgan fingerprint density at radius 3 is 2.80 bits per heavy atom. The number of aromatic amines is 2. The quantitative estimate of drug-likeness (QED) is 0.461. The van der Waals surface area contributed by atoms with E-state index in [-0.39, 0.29) is 21.2 Å². The molecule has 1 heterocycles. The van der Waals surface area contributed by atoms with E-state index in [1.807, 2.05) is 0 Å². The fraction of sp³-hybridized carbons (Fsp3) is 0.125. The number of aromatic hydroxyl groups is 1. The largest absolute Gasteiger partial charge is 0.494 e. The molecule has 0 saturated heterocycles. The second-order valence-electron chi connectivity index (χ2n) is 2.63. The molecule has 1 aromatic rings. The van der Waals surface area contributed by atoms with E-state index in [4.69, 9.17) is 12.2 Å². The van der Waals surface area contributed by atoms with Crippen molar-refractivity contribution in [3.8, 4) is 5.88 Å². The predicted octanol–water partition coefficient (Wildman–Crippen LogP) is 0.589. The zero-order chi connectivity index (χ0) is 11.4. The van der Waals surface area contributed by atoms with Gasteiger partial charge >= 0.3 is 0 Å². The van der Waals surface area contributed by atoms with Gasteiger partial charge in [-0.15, -0.1) is 6.58 Å². The summed E-state index contributed by atoms with van der Waals surface area (Å²) in [6.07, 6.45) is 1.59. The molecule has 5 nitrogen and oxygen atoms in total. The van der Waals surface area contributed by atoms with Gasteiger partial charge < -0.3 is 15.4 Å². The maximum Gasteiger partial charge on any atom is 0.265 e. The minimum atomic E-state index is -0.530. The first kappa shape index (κ1) is 11.6. The lowest BCUT2D eigenvalue weighted by molar-refractivity contribution is 0.448. The van der Waals surface area contributed by atoms with Gasteiger partial charge in [-0.2, -0.15) is 0 Å². The summed E-state index contributed by atoms with van der Waals surface area (Å²) >= 11 is 9.58. The molecule has 0 spiro atoms. The van der Waals surface area contributed by atoms with E-state index in [2.05, 4.69) is 34.1 Å². The Kier molecular flexibility index (Phi) is 3.75. The van der Waals surface area contributed by atoms with Crippen LogP contribution in [0.25, 0.3) is 0 Å². The van der Waals surface area contributed by atoms with Crippen LogP contribution in [0.5, 0.6) is 5.88 Å². The molecule has 80 valence electrons. The van der Waals surface area contributed by atoms with Crippen LogP contribution in [0.15, 0.2) is 17.4 Å². The van der Waals surface area contributed by atoms with Gasteiger partial charge in [0.2, 0.25) is 5.88 Å². The van der Waals surface area contributed by atoms with Crippen LogP contribution in [0, 0.1) is 4.77 Å². The summed E-state index contributed by atoms with van der Waals surface area (Å²) in [6, 6.07) is 0. The van der Waals surface area contributed by atoms with Crippen molar-refractivity contribution >= 4 is 29.4 Å². The summed E-state index contributed by atoms with van der Waals surface area (Å²) in [5.41, 5.74) is -0.557. The molecule has 4 N–H and O–H groups in total. The van der Waals surface area contributed by atoms with Gasteiger partial charge in [0.05, 0.1) is 0 Å². The summed E-state index contributed by atoms with van der Waals surface area (Å²) in [5.74, 6) is -0.342. The fourth-order valence-corrected chi connectivity index (χ4v) is 1.40. The number of nitrogens with one attached hydrogen (secondary N) is 3. The van der Waals surface area contributed by atoms with Crippen molar-refractivity contribution in [1.29, 1.82) is 0 Å². The van der Waals surface area contributed by atoms with Crippen LogP contribution in [-0.4, -0.2) is 26.6 Å². The number of H-pyrrole nitrogens is 2. The van der Waals surface area contributed by atoms with E-state index in [9.17, 15) is 9.90 Å². The van der Waals surface area contributed by atoms with E-state index in [0.29, 0.717) is 6.54 Å². The van der Waals surface area contributed by atoms with Gasteiger partial charge in [0.15, 0.2) is 4.77 Å². The molecule has 0 aliphatic rings. The maximum atomic E-state index is 11.4. The monoisotopic (exact) mass is 243 g/mol. The molecule has 0 bridgehead atoms. The minimum absolute atomic E-state index is 0.0274. The van der Waals surface area contributed by atoms with E-state index in [0.717, 1.165) is 0 Å². The highest BCUT2D eigenvalue weighted by Crippen LogP contribution is 2.07. The van der Waals surface area contributed by atoms with E-state index < -0.39 is 5.56 Å². The number of hydrogen-bond acceptors (Lipinski definition) is 4. The lowest BCUT2D eigenvalue weighted by Gasteiger charge is -2.05. The van der Waals surface area contributed by atoms with Gasteiger partial charge in [-0.1, -0.05) is 18.3 Å². The second kappa shape index (κ2) is 4.85. The molecule has 0 fully saturated rings. The highest BCUT2D eigenvalue weighted by Gasteiger charge is 2.11. The molecule has 0 aliphatic carbocycles. The molecule has 1 rings (SSSR count). The molecule has 0 aromatic carbocycles. The van der Waals surface area contributed by atoms with Crippen LogP contribution in [-0.2, 0) is 0 Å². The third-order valence-corrected chi connectivity index (χ3v) is 2.11. The highest BCUT2D eigenvalue weighted by molar-refractivity contribution is 7.80. The average molecular weight is 243 g/mol. The number of aromatic nitrogens is 2. The summed E-state index contributed by atoms with van der Waals surface area (Å²) in [6.45, 7) is 3.90. The average Bonchev–Trinajstić information content (AvgIpc) is 2.12. The first-order valence-electron chi connectivity index (χ1n) is 4.01. The SMILES string of the molecule is C=CCNC(=S)c1c(O)[nH]c(=S)[nH]c1=O. The molecular formula is C8H9N3O2S2. The van der Waals surface area contributed by atoms with Crippen molar-refractivity contribution in [2.24, 2.45) is 0 Å². The third kappa shape index (κ3) is 2.74. The van der Waals surface area contributed by atoms with Crippen LogP contribution in [0.1, 0.15) is 5.56 Å². The maximum absolute atomic E-state index is 11.4. The Hall–Kier alpha value is -1.47. The van der Waals surface area contributed by atoms with E-state index in [1.165, 1.54) is 0 Å². The molecule has 0 radical (unpaired) electrons. The molecule has 0 unspecified atom stereocenters. The molecule has 0 saturated carbocycles. The van der Waals surface area contributed by atoms with Crippen LogP contribution >= 0.6 is 24.4 Å². The minimum Gasteiger partial charge on any atom is -0.494 e. The lowest BCUT2D eigenvalue weighted by Crippen LogP contribution is -2.29. The first-order chi connectivity index (χ1) is 7.06. The Balaban J connectivity index is 3.14. The number of thiocarbonyl (C=S) groups is 1. The molecule has 15 heavy (non-hydrogen) atoms. The third-order valence-electron chi connectivity index (χ3n) is 1.56. The highest BCUT2D eigenvalue weighted by atomic mass is 32.1. The van der Waals surface area contributed by atoms with Gasteiger partial charge in [0.25, 0.3) is 5.56 Å². The summed E-state index contributed by atoms with van der Waals surface area (Å²) in [7, 11) is 0.